The Hall–Kier alpha value is -2.24. The number of anilines is 1. The first kappa shape index (κ1) is 9.32. The van der Waals surface area contributed by atoms with E-state index in [0.29, 0.717) is 11.5 Å². The molecule has 0 spiro atoms. The van der Waals surface area contributed by atoms with Gasteiger partial charge >= 0.3 is 0 Å². The standard InChI is InChI=1S/C9H9N5O/c15-9(14-7-5-12-13-6-7)4-8-10-2-1-3-11-8/h1-3,5-6H,4H2,(H,12,13)(H,14,15). The molecule has 2 rings (SSSR count). The molecule has 0 aliphatic rings. The van der Waals surface area contributed by atoms with Crippen molar-refractivity contribution in [2.75, 3.05) is 5.32 Å². The van der Waals surface area contributed by atoms with Crippen molar-refractivity contribution in [3.05, 3.63) is 36.7 Å². The molecule has 6 nitrogen and oxygen atoms in total. The molecule has 0 radical (unpaired) electrons. The Kier molecular flexibility index (Phi) is 2.68. The zero-order chi connectivity index (χ0) is 10.5. The van der Waals surface area contributed by atoms with E-state index in [2.05, 4.69) is 25.5 Å². The van der Waals surface area contributed by atoms with Gasteiger partial charge in [-0.15, -0.1) is 0 Å². The van der Waals surface area contributed by atoms with Gasteiger partial charge in [0.05, 0.1) is 18.3 Å². The summed E-state index contributed by atoms with van der Waals surface area (Å²) in [6.07, 6.45) is 6.50. The summed E-state index contributed by atoms with van der Waals surface area (Å²) in [5, 5.41) is 8.97. The molecule has 0 fully saturated rings. The lowest BCUT2D eigenvalue weighted by molar-refractivity contribution is -0.115. The minimum absolute atomic E-state index is 0.159. The maximum absolute atomic E-state index is 11.4. The van der Waals surface area contributed by atoms with Gasteiger partial charge in [-0.2, -0.15) is 5.10 Å². The molecule has 15 heavy (non-hydrogen) atoms. The molecule has 0 saturated heterocycles. The number of carbonyl (C=O) groups excluding carboxylic acids is 1. The summed E-state index contributed by atoms with van der Waals surface area (Å²) in [7, 11) is 0. The number of nitrogens with zero attached hydrogens (tertiary/aromatic N) is 3. The number of nitrogens with one attached hydrogen (secondary N) is 2. The van der Waals surface area contributed by atoms with Crippen LogP contribution >= 0.6 is 0 Å². The summed E-state index contributed by atoms with van der Waals surface area (Å²) in [4.78, 5) is 19.4. The number of amides is 1. The van der Waals surface area contributed by atoms with E-state index in [1.807, 2.05) is 0 Å². The third kappa shape index (κ3) is 2.60. The van der Waals surface area contributed by atoms with Crippen molar-refractivity contribution in [1.29, 1.82) is 0 Å². The van der Waals surface area contributed by atoms with Gasteiger partial charge < -0.3 is 5.32 Å². The van der Waals surface area contributed by atoms with E-state index in [-0.39, 0.29) is 12.3 Å². The smallest absolute Gasteiger partial charge is 0.232 e. The molecule has 6 heteroatoms. The molecule has 2 aromatic rings. The maximum Gasteiger partial charge on any atom is 0.232 e. The van der Waals surface area contributed by atoms with Crippen LogP contribution in [0.15, 0.2) is 30.9 Å². The van der Waals surface area contributed by atoms with Gasteiger partial charge in [0.25, 0.3) is 0 Å². The molecule has 0 aliphatic heterocycles. The van der Waals surface area contributed by atoms with E-state index in [1.165, 1.54) is 6.20 Å². The van der Waals surface area contributed by atoms with Crippen LogP contribution < -0.4 is 5.32 Å². The van der Waals surface area contributed by atoms with Gasteiger partial charge in [0.15, 0.2) is 0 Å². The molecule has 0 unspecified atom stereocenters. The van der Waals surface area contributed by atoms with Crippen molar-refractivity contribution in [2.45, 2.75) is 6.42 Å². The van der Waals surface area contributed by atoms with Gasteiger partial charge in [-0.25, -0.2) is 9.97 Å². The number of hydrogen-bond acceptors (Lipinski definition) is 4. The lowest BCUT2D eigenvalue weighted by atomic mass is 10.3. The molecule has 2 N–H and O–H groups in total. The number of carbonyl (C=O) groups is 1. The molecule has 2 aromatic heterocycles. The fourth-order valence-corrected chi connectivity index (χ4v) is 1.09. The molecule has 0 aliphatic carbocycles. The highest BCUT2D eigenvalue weighted by molar-refractivity contribution is 5.91. The molecule has 1 amide bonds. The van der Waals surface area contributed by atoms with E-state index >= 15 is 0 Å². The topological polar surface area (TPSA) is 83.6 Å². The number of rotatable bonds is 3. The van der Waals surface area contributed by atoms with Crippen LogP contribution in [0.4, 0.5) is 5.69 Å². The van der Waals surface area contributed by atoms with Crippen molar-refractivity contribution in [1.82, 2.24) is 20.2 Å². The summed E-state index contributed by atoms with van der Waals surface area (Å²) in [5.74, 6) is 0.334. The fourth-order valence-electron chi connectivity index (χ4n) is 1.09. The predicted octanol–water partition coefficient (Wildman–Crippen LogP) is 0.381. The van der Waals surface area contributed by atoms with Gasteiger partial charge in [-0.05, 0) is 6.07 Å². The minimum atomic E-state index is -0.164. The van der Waals surface area contributed by atoms with Gasteiger partial charge in [0, 0.05) is 18.6 Å². The molecular weight excluding hydrogens is 194 g/mol. The Morgan fingerprint density at radius 2 is 2.20 bits per heavy atom. The fraction of sp³-hybridized carbons (Fsp3) is 0.111. The molecule has 0 saturated carbocycles. The minimum Gasteiger partial charge on any atom is -0.323 e. The summed E-state index contributed by atoms with van der Waals surface area (Å²) in [5.41, 5.74) is 0.635. The first-order valence-electron chi connectivity index (χ1n) is 4.39. The van der Waals surface area contributed by atoms with Crippen molar-refractivity contribution in [2.24, 2.45) is 0 Å². The van der Waals surface area contributed by atoms with Crippen LogP contribution in [0, 0.1) is 0 Å². The van der Waals surface area contributed by atoms with Gasteiger partial charge in [-0.1, -0.05) is 0 Å². The Morgan fingerprint density at radius 1 is 1.40 bits per heavy atom. The van der Waals surface area contributed by atoms with E-state index in [1.54, 1.807) is 24.7 Å². The van der Waals surface area contributed by atoms with Gasteiger partial charge in [0.1, 0.15) is 5.82 Å². The van der Waals surface area contributed by atoms with E-state index in [9.17, 15) is 4.79 Å². The van der Waals surface area contributed by atoms with Crippen molar-refractivity contribution in [3.8, 4) is 0 Å². The predicted molar refractivity (Wildman–Crippen MR) is 53.0 cm³/mol. The highest BCUT2D eigenvalue weighted by Crippen LogP contribution is 2.01. The largest absolute Gasteiger partial charge is 0.323 e. The van der Waals surface area contributed by atoms with E-state index in [0.717, 1.165) is 0 Å². The second-order valence-electron chi connectivity index (χ2n) is 2.88. The van der Waals surface area contributed by atoms with Crippen molar-refractivity contribution in [3.63, 3.8) is 0 Å². The van der Waals surface area contributed by atoms with Crippen LogP contribution in [0.3, 0.4) is 0 Å². The van der Waals surface area contributed by atoms with Gasteiger partial charge in [0.2, 0.25) is 5.91 Å². The van der Waals surface area contributed by atoms with Crippen molar-refractivity contribution < 1.29 is 4.79 Å². The lowest BCUT2D eigenvalue weighted by Gasteiger charge is -2.00. The SMILES string of the molecule is O=C(Cc1ncccn1)Nc1cn[nH]c1. The van der Waals surface area contributed by atoms with Crippen LogP contribution in [0.2, 0.25) is 0 Å². The van der Waals surface area contributed by atoms with E-state index in [4.69, 9.17) is 0 Å². The monoisotopic (exact) mass is 203 g/mol. The van der Waals surface area contributed by atoms with Crippen LogP contribution in [0.1, 0.15) is 5.82 Å². The first-order chi connectivity index (χ1) is 7.34. The van der Waals surface area contributed by atoms with Crippen LogP contribution in [0.25, 0.3) is 0 Å². The Bertz CT molecular complexity index is 425. The summed E-state index contributed by atoms with van der Waals surface area (Å²) in [6.45, 7) is 0. The van der Waals surface area contributed by atoms with E-state index < -0.39 is 0 Å². The average Bonchev–Trinajstić information content (AvgIpc) is 2.71. The normalized spacial score (nSPS) is 9.87. The Labute approximate surface area is 85.8 Å². The van der Waals surface area contributed by atoms with Crippen LogP contribution in [-0.2, 0) is 11.2 Å². The lowest BCUT2D eigenvalue weighted by Crippen LogP contribution is -2.15. The third-order valence-corrected chi connectivity index (χ3v) is 1.72. The molecule has 2 heterocycles. The highest BCUT2D eigenvalue weighted by Gasteiger charge is 2.05. The first-order valence-corrected chi connectivity index (χ1v) is 4.39. The summed E-state index contributed by atoms with van der Waals surface area (Å²) >= 11 is 0. The number of aromatic nitrogens is 4. The van der Waals surface area contributed by atoms with Crippen molar-refractivity contribution >= 4 is 11.6 Å². The number of H-pyrrole nitrogens is 1. The second-order valence-corrected chi connectivity index (χ2v) is 2.88. The number of hydrogen-bond donors (Lipinski definition) is 2. The molecule has 0 bridgehead atoms. The highest BCUT2D eigenvalue weighted by atomic mass is 16.1. The quantitative estimate of drug-likeness (QED) is 0.755. The maximum atomic E-state index is 11.4. The Balaban J connectivity index is 1.94. The third-order valence-electron chi connectivity index (χ3n) is 1.72. The van der Waals surface area contributed by atoms with Gasteiger partial charge in [-0.3, -0.25) is 9.89 Å². The molecule has 0 aromatic carbocycles. The Morgan fingerprint density at radius 3 is 2.87 bits per heavy atom. The zero-order valence-electron chi connectivity index (χ0n) is 7.84. The average molecular weight is 203 g/mol. The zero-order valence-corrected chi connectivity index (χ0v) is 7.84. The molecule has 76 valence electrons. The summed E-state index contributed by atoms with van der Waals surface area (Å²) < 4.78 is 0. The molecular formula is C9H9N5O. The molecule has 0 atom stereocenters. The summed E-state index contributed by atoms with van der Waals surface area (Å²) in [6, 6.07) is 1.71. The second kappa shape index (κ2) is 4.32. The number of aromatic amines is 1. The van der Waals surface area contributed by atoms with Crippen LogP contribution in [0.5, 0.6) is 0 Å². The van der Waals surface area contributed by atoms with Crippen LogP contribution in [-0.4, -0.2) is 26.1 Å².